The molecule has 0 spiro atoms. The third kappa shape index (κ3) is 9.11. The van der Waals surface area contributed by atoms with E-state index in [9.17, 15) is 0 Å². The molecule has 97 heavy (non-hydrogen) atoms. The highest BCUT2D eigenvalue weighted by atomic mass is 15.2. The van der Waals surface area contributed by atoms with E-state index in [0.717, 1.165) is 22.7 Å². The summed E-state index contributed by atoms with van der Waals surface area (Å²) in [5.41, 5.74) is 32.5. The molecule has 0 saturated heterocycles. The van der Waals surface area contributed by atoms with Crippen LogP contribution < -0.4 is 9.80 Å². The second-order valence-corrected chi connectivity index (χ2v) is 28.1. The summed E-state index contributed by atoms with van der Waals surface area (Å²) in [4.78, 5) is 4.90. The van der Waals surface area contributed by atoms with E-state index in [1.54, 1.807) is 0 Å². The fourth-order valence-corrected chi connectivity index (χ4v) is 16.7. The molecule has 0 bridgehead atoms. The number of nitrogens with zero attached hydrogens (tertiary/aromatic N) is 4. The number of anilines is 6. The predicted octanol–water partition coefficient (Wildman–Crippen LogP) is 25.1. The van der Waals surface area contributed by atoms with Gasteiger partial charge in [0.05, 0.1) is 22.1 Å². The quantitative estimate of drug-likeness (QED) is 0.143. The molecule has 2 heterocycles. The van der Waals surface area contributed by atoms with Gasteiger partial charge in [0.1, 0.15) is 0 Å². The average molecular weight is 1250 g/mol. The van der Waals surface area contributed by atoms with Gasteiger partial charge in [-0.2, -0.15) is 0 Å². The molecule has 0 fully saturated rings. The summed E-state index contributed by atoms with van der Waals surface area (Å²) in [6.07, 6.45) is 0. The number of rotatable bonds is 9. The zero-order valence-corrected chi connectivity index (χ0v) is 55.5. The maximum Gasteiger partial charge on any atom is 0.0542 e. The monoisotopic (exact) mass is 1240 g/mol. The number of benzene rings is 14. The lowest BCUT2D eigenvalue weighted by Crippen LogP contribution is -2.18. The molecule has 464 valence electrons. The molecule has 0 atom stereocenters. The van der Waals surface area contributed by atoms with Gasteiger partial charge in [-0.1, -0.05) is 248 Å². The largest absolute Gasteiger partial charge is 0.310 e. The fraction of sp³-hybridized carbons (Fsp3) is 0.0968. The van der Waals surface area contributed by atoms with Crippen LogP contribution in [0.15, 0.2) is 328 Å². The van der Waals surface area contributed by atoms with E-state index < -0.39 is 0 Å². The van der Waals surface area contributed by atoms with Crippen LogP contribution in [0.1, 0.15) is 74.9 Å². The van der Waals surface area contributed by atoms with Crippen LogP contribution in [0.3, 0.4) is 0 Å². The number of hydrogen-bond acceptors (Lipinski definition) is 2. The Hall–Kier alpha value is -11.7. The Kier molecular flexibility index (Phi) is 13.3. The average Bonchev–Trinajstić information content (AvgIpc) is 1.59. The molecule has 0 aliphatic heterocycles. The van der Waals surface area contributed by atoms with Gasteiger partial charge >= 0.3 is 0 Å². The number of fused-ring (bicyclic) bond motifs is 15. The Labute approximate surface area is 567 Å². The molecule has 0 amide bonds. The van der Waals surface area contributed by atoms with E-state index in [4.69, 9.17) is 0 Å². The van der Waals surface area contributed by atoms with Gasteiger partial charge in [-0.3, -0.25) is 0 Å². The highest BCUT2D eigenvalue weighted by molar-refractivity contribution is 6.12. The third-order valence-electron chi connectivity index (χ3n) is 21.6. The Morgan fingerprint density at radius 3 is 0.887 bits per heavy atom. The molecule has 14 aromatic carbocycles. The van der Waals surface area contributed by atoms with Crippen LogP contribution in [0.25, 0.3) is 99.5 Å². The van der Waals surface area contributed by atoms with Crippen molar-refractivity contribution < 1.29 is 0 Å². The Bertz CT molecular complexity index is 5680. The first-order chi connectivity index (χ1) is 47.4. The van der Waals surface area contributed by atoms with Gasteiger partial charge in [-0.15, -0.1) is 0 Å². The number of aromatic nitrogens is 2. The van der Waals surface area contributed by atoms with E-state index in [-0.39, 0.29) is 16.2 Å². The first-order valence-corrected chi connectivity index (χ1v) is 34.1. The topological polar surface area (TPSA) is 16.3 Å². The second kappa shape index (κ2) is 22.2. The zero-order chi connectivity index (χ0) is 65.3. The zero-order valence-electron chi connectivity index (χ0n) is 55.5. The summed E-state index contributed by atoms with van der Waals surface area (Å²) < 4.78 is 4.77. The van der Waals surface area contributed by atoms with Gasteiger partial charge in [-0.05, 0) is 199 Å². The van der Waals surface area contributed by atoms with Gasteiger partial charge in [0, 0.05) is 83.3 Å². The second-order valence-electron chi connectivity index (χ2n) is 28.1. The van der Waals surface area contributed by atoms with Gasteiger partial charge in [0.2, 0.25) is 0 Å². The van der Waals surface area contributed by atoms with Crippen LogP contribution >= 0.6 is 0 Å². The van der Waals surface area contributed by atoms with Gasteiger partial charge in [0.15, 0.2) is 0 Å². The highest BCUT2D eigenvalue weighted by Gasteiger charge is 2.39. The van der Waals surface area contributed by atoms with Gasteiger partial charge in [-0.25, -0.2) is 0 Å². The molecule has 0 unspecified atom stereocenters. The van der Waals surface area contributed by atoms with Crippen molar-refractivity contribution in [3.8, 4) is 55.9 Å². The van der Waals surface area contributed by atoms with Crippen molar-refractivity contribution in [1.29, 1.82) is 0 Å². The fourth-order valence-electron chi connectivity index (χ4n) is 16.7. The van der Waals surface area contributed by atoms with Crippen molar-refractivity contribution in [2.75, 3.05) is 9.80 Å². The molecule has 0 radical (unpaired) electrons. The van der Waals surface area contributed by atoms with Crippen LogP contribution in [0.5, 0.6) is 0 Å². The molecule has 16 aromatic rings. The van der Waals surface area contributed by atoms with Gasteiger partial charge in [0.25, 0.3) is 0 Å². The van der Waals surface area contributed by atoms with Crippen LogP contribution in [-0.4, -0.2) is 9.13 Å². The van der Waals surface area contributed by atoms with Crippen molar-refractivity contribution in [2.24, 2.45) is 0 Å². The standard InChI is InChI=1S/C48H38N2.C45H34N2/c1-47(2)41-19-11-8-16-35(41)37-25-22-33(29-43(37)47)49(34-23-26-38-36-17-9-12-20-42(36)48(3,4)44(38)30-34)32-24-27-46-40(28-32)39-18-10-13-21-45(39)50(46)31-14-6-5-7-15-31;1-45(2)41-19-11-9-17-37(41)38-27-25-36(30-42(38)45)46(34-23-21-32(22-24-34)31-13-5-3-6-14-31)35-26-28-44-40(29-35)39-18-10-12-20-43(39)47(44)33-15-7-4-8-16-33/h5-30H,1-4H3;3-30H,1-2H3. The van der Waals surface area contributed by atoms with E-state index in [0.29, 0.717) is 0 Å². The summed E-state index contributed by atoms with van der Waals surface area (Å²) in [7, 11) is 0. The predicted molar refractivity (Wildman–Crippen MR) is 409 cm³/mol. The summed E-state index contributed by atoms with van der Waals surface area (Å²) in [5.74, 6) is 0. The maximum atomic E-state index is 2.48. The Balaban J connectivity index is 0.000000141. The Morgan fingerprint density at radius 2 is 0.485 bits per heavy atom. The summed E-state index contributed by atoms with van der Waals surface area (Å²) in [5, 5.41) is 4.99. The molecule has 4 heteroatoms. The minimum absolute atomic E-state index is 0.0855. The van der Waals surface area contributed by atoms with Crippen LogP contribution in [-0.2, 0) is 16.2 Å². The minimum atomic E-state index is -0.0950. The molecule has 2 aromatic heterocycles. The SMILES string of the molecule is CC1(C)c2ccccc2-c2ccc(N(c3ccc(-c4ccccc4)cc3)c3ccc4c(c3)c3ccccc3n4-c3ccccc3)cc21.CC1(C)c2ccccc2-c2ccc(N(c3ccc4c(c3)C(C)(C)c3ccccc3-4)c3ccc4c(c3)c3ccccc3n4-c3ccccc3)cc21. The maximum absolute atomic E-state index is 2.48. The number of para-hydroxylation sites is 4. The number of hydrogen-bond donors (Lipinski definition) is 0. The van der Waals surface area contributed by atoms with Crippen molar-refractivity contribution in [1.82, 2.24) is 9.13 Å². The van der Waals surface area contributed by atoms with Crippen LogP contribution in [0.2, 0.25) is 0 Å². The van der Waals surface area contributed by atoms with Crippen LogP contribution in [0, 0.1) is 0 Å². The lowest BCUT2D eigenvalue weighted by molar-refractivity contribution is 0.660. The lowest BCUT2D eigenvalue weighted by atomic mass is 9.82. The van der Waals surface area contributed by atoms with Crippen LogP contribution in [0.4, 0.5) is 34.1 Å². The van der Waals surface area contributed by atoms with Crippen molar-refractivity contribution in [3.63, 3.8) is 0 Å². The Morgan fingerprint density at radius 1 is 0.206 bits per heavy atom. The minimum Gasteiger partial charge on any atom is -0.310 e. The van der Waals surface area contributed by atoms with Gasteiger partial charge < -0.3 is 18.9 Å². The van der Waals surface area contributed by atoms with E-state index in [2.05, 4.69) is 388 Å². The first kappa shape index (κ1) is 57.9. The van der Waals surface area contributed by atoms with Crippen molar-refractivity contribution in [2.45, 2.75) is 57.8 Å². The summed E-state index contributed by atoms with van der Waals surface area (Å²) in [6, 6.07) is 120. The highest BCUT2D eigenvalue weighted by Crippen LogP contribution is 2.55. The van der Waals surface area contributed by atoms with Crippen molar-refractivity contribution >= 4 is 77.7 Å². The van der Waals surface area contributed by atoms with Crippen molar-refractivity contribution in [3.05, 3.63) is 361 Å². The molecule has 3 aliphatic rings. The molecular weight excluding hydrogens is 1170 g/mol. The van der Waals surface area contributed by atoms with E-state index >= 15 is 0 Å². The smallest absolute Gasteiger partial charge is 0.0542 e. The first-order valence-electron chi connectivity index (χ1n) is 34.1. The lowest BCUT2D eigenvalue weighted by Gasteiger charge is -2.30. The van der Waals surface area contributed by atoms with E-state index in [1.807, 2.05) is 0 Å². The molecule has 19 rings (SSSR count). The summed E-state index contributed by atoms with van der Waals surface area (Å²) in [6.45, 7) is 14.2. The third-order valence-corrected chi connectivity index (χ3v) is 21.6. The molecule has 3 aliphatic carbocycles. The molecule has 0 saturated carbocycles. The molecule has 4 nitrogen and oxygen atoms in total. The molecular formula is C93H72N4. The molecule has 0 N–H and O–H groups in total. The summed E-state index contributed by atoms with van der Waals surface area (Å²) >= 11 is 0. The van der Waals surface area contributed by atoms with E-state index in [1.165, 1.54) is 144 Å². The normalized spacial score (nSPS) is 13.9.